The van der Waals surface area contributed by atoms with Crippen molar-refractivity contribution in [3.05, 3.63) is 41.0 Å². The van der Waals surface area contributed by atoms with Gasteiger partial charge in [-0.05, 0) is 29.7 Å². The highest BCUT2D eigenvalue weighted by molar-refractivity contribution is 14.0. The normalized spacial score (nSPS) is 11.0. The third kappa shape index (κ3) is 7.23. The van der Waals surface area contributed by atoms with Gasteiger partial charge in [-0.3, -0.25) is 0 Å². The predicted molar refractivity (Wildman–Crippen MR) is 123 cm³/mol. The van der Waals surface area contributed by atoms with Gasteiger partial charge in [0.25, 0.3) is 0 Å². The number of rotatable bonds is 8. The zero-order valence-electron chi connectivity index (χ0n) is 16.4. The van der Waals surface area contributed by atoms with Crippen molar-refractivity contribution in [1.82, 2.24) is 4.98 Å². The maximum Gasteiger partial charge on any atom is 0.232 e. The molecule has 9 heteroatoms. The van der Waals surface area contributed by atoms with Crippen LogP contribution in [0.5, 0.6) is 17.4 Å². The fourth-order valence-electron chi connectivity index (χ4n) is 2.18. The summed E-state index contributed by atoms with van der Waals surface area (Å²) in [5.74, 6) is 2.32. The Morgan fingerprint density at radius 2 is 1.93 bits per heavy atom. The van der Waals surface area contributed by atoms with Crippen LogP contribution in [0.15, 0.2) is 35.5 Å². The molecule has 0 aliphatic carbocycles. The van der Waals surface area contributed by atoms with Crippen molar-refractivity contribution in [3.8, 4) is 17.4 Å². The number of halogens is 2. The summed E-state index contributed by atoms with van der Waals surface area (Å²) in [5.41, 5.74) is 7.52. The Labute approximate surface area is 187 Å². The van der Waals surface area contributed by atoms with E-state index in [0.717, 1.165) is 11.3 Å². The summed E-state index contributed by atoms with van der Waals surface area (Å²) in [5, 5.41) is 3.46. The van der Waals surface area contributed by atoms with Crippen molar-refractivity contribution >= 4 is 47.2 Å². The first-order valence-corrected chi connectivity index (χ1v) is 8.87. The molecule has 0 unspecified atom stereocenters. The lowest BCUT2D eigenvalue weighted by Crippen LogP contribution is -2.22. The van der Waals surface area contributed by atoms with E-state index in [0.29, 0.717) is 41.5 Å². The van der Waals surface area contributed by atoms with Gasteiger partial charge in [-0.15, -0.1) is 24.0 Å². The van der Waals surface area contributed by atoms with E-state index >= 15 is 0 Å². The van der Waals surface area contributed by atoms with Crippen molar-refractivity contribution in [1.29, 1.82) is 0 Å². The number of nitrogens with zero attached hydrogens (tertiary/aromatic N) is 2. The number of hydrogen-bond donors (Lipinski definition) is 2. The highest BCUT2D eigenvalue weighted by Crippen LogP contribution is 2.29. The number of nitrogens with two attached hydrogens (primary N) is 1. The van der Waals surface area contributed by atoms with E-state index < -0.39 is 0 Å². The van der Waals surface area contributed by atoms with Crippen molar-refractivity contribution < 1.29 is 14.2 Å². The molecule has 154 valence electrons. The molecule has 28 heavy (non-hydrogen) atoms. The lowest BCUT2D eigenvalue weighted by molar-refractivity contribution is 0.261. The van der Waals surface area contributed by atoms with Gasteiger partial charge in [-0.25, -0.2) is 9.98 Å². The molecule has 2 aromatic rings. The molecule has 1 heterocycles. The van der Waals surface area contributed by atoms with Crippen LogP contribution >= 0.6 is 35.6 Å². The van der Waals surface area contributed by atoms with Gasteiger partial charge >= 0.3 is 0 Å². The Bertz CT molecular complexity index is 803. The van der Waals surface area contributed by atoms with Crippen LogP contribution in [0.3, 0.4) is 0 Å². The lowest BCUT2D eigenvalue weighted by Gasteiger charge is -2.11. The first-order valence-electron chi connectivity index (χ1n) is 8.49. The quantitative estimate of drug-likeness (QED) is 0.306. The molecule has 0 fully saturated rings. The molecule has 1 aromatic carbocycles. The van der Waals surface area contributed by atoms with E-state index in [1.807, 2.05) is 6.07 Å². The largest absolute Gasteiger partial charge is 0.493 e. The third-order valence-corrected chi connectivity index (χ3v) is 3.78. The zero-order chi connectivity index (χ0) is 19.8. The Kier molecular flexibility index (Phi) is 10.2. The average molecular weight is 521 g/mol. The van der Waals surface area contributed by atoms with Crippen LogP contribution < -0.4 is 25.3 Å². The Balaban J connectivity index is 0.00000392. The molecule has 0 radical (unpaired) electrons. The summed E-state index contributed by atoms with van der Waals surface area (Å²) in [6, 6.07) is 7.16. The number of pyridine rings is 1. The van der Waals surface area contributed by atoms with Gasteiger partial charge in [0.1, 0.15) is 5.02 Å². The molecule has 2 rings (SSSR count). The van der Waals surface area contributed by atoms with Crippen LogP contribution in [0.4, 0.5) is 5.69 Å². The van der Waals surface area contributed by atoms with Gasteiger partial charge in [-0.2, -0.15) is 0 Å². The van der Waals surface area contributed by atoms with Gasteiger partial charge < -0.3 is 25.3 Å². The molecule has 7 nitrogen and oxygen atoms in total. The minimum Gasteiger partial charge on any atom is -0.493 e. The molecular formula is C19H26ClIN4O3. The number of hydrogen-bond acceptors (Lipinski definition) is 5. The standard InChI is InChI=1S/C19H25ClN4O3.HI/c1-12(2)11-27-18-15(20)7-13(9-22-18)10-23-19(21)24-14-5-6-16(25-3)17(8-14)26-4;/h5-9,12H,10-11H2,1-4H3,(H3,21,23,24);1H. The van der Waals surface area contributed by atoms with Crippen molar-refractivity contribution in [3.63, 3.8) is 0 Å². The summed E-state index contributed by atoms with van der Waals surface area (Å²) >= 11 is 6.21. The number of aromatic nitrogens is 1. The Hall–Kier alpha value is -1.94. The number of nitrogens with one attached hydrogen (secondary N) is 1. The number of guanidine groups is 1. The Morgan fingerprint density at radius 3 is 2.54 bits per heavy atom. The first kappa shape index (κ1) is 24.1. The molecule has 0 aliphatic heterocycles. The van der Waals surface area contributed by atoms with E-state index in [1.54, 1.807) is 38.6 Å². The maximum atomic E-state index is 6.21. The number of aliphatic imine (C=N–C) groups is 1. The van der Waals surface area contributed by atoms with Gasteiger partial charge in [0.15, 0.2) is 17.5 Å². The third-order valence-electron chi connectivity index (χ3n) is 3.51. The molecule has 3 N–H and O–H groups in total. The molecule has 0 aliphatic rings. The van der Waals surface area contributed by atoms with Crippen LogP contribution in [0.1, 0.15) is 19.4 Å². The molecule has 0 amide bonds. The molecule has 0 bridgehead atoms. The van der Waals surface area contributed by atoms with E-state index in [9.17, 15) is 0 Å². The fourth-order valence-corrected chi connectivity index (χ4v) is 2.42. The molecular weight excluding hydrogens is 495 g/mol. The van der Waals surface area contributed by atoms with Crippen LogP contribution in [-0.2, 0) is 6.54 Å². The molecule has 1 aromatic heterocycles. The summed E-state index contributed by atoms with van der Waals surface area (Å²) in [4.78, 5) is 8.54. The second-order valence-electron chi connectivity index (χ2n) is 6.23. The zero-order valence-corrected chi connectivity index (χ0v) is 19.4. The summed E-state index contributed by atoms with van der Waals surface area (Å²) in [6.45, 7) is 5.02. The Morgan fingerprint density at radius 1 is 1.21 bits per heavy atom. The van der Waals surface area contributed by atoms with E-state index in [1.165, 1.54) is 0 Å². The van der Waals surface area contributed by atoms with Crippen LogP contribution in [0.25, 0.3) is 0 Å². The van der Waals surface area contributed by atoms with Gasteiger partial charge in [0.05, 0.1) is 27.4 Å². The fraction of sp³-hybridized carbons (Fsp3) is 0.368. The number of anilines is 1. The lowest BCUT2D eigenvalue weighted by atomic mass is 10.2. The predicted octanol–water partition coefficient (Wildman–Crippen LogP) is 4.33. The van der Waals surface area contributed by atoms with Crippen LogP contribution in [0, 0.1) is 5.92 Å². The summed E-state index contributed by atoms with van der Waals surface area (Å²) in [7, 11) is 3.16. The van der Waals surface area contributed by atoms with E-state index in [-0.39, 0.29) is 29.9 Å². The minimum absolute atomic E-state index is 0. The summed E-state index contributed by atoms with van der Waals surface area (Å²) in [6.07, 6.45) is 1.68. The number of benzene rings is 1. The molecule has 0 spiro atoms. The van der Waals surface area contributed by atoms with E-state index in [2.05, 4.69) is 29.1 Å². The topological polar surface area (TPSA) is 91.0 Å². The van der Waals surface area contributed by atoms with Crippen molar-refractivity contribution in [2.45, 2.75) is 20.4 Å². The van der Waals surface area contributed by atoms with Gasteiger partial charge in [0.2, 0.25) is 5.88 Å². The van der Waals surface area contributed by atoms with Crippen molar-refractivity contribution in [2.75, 3.05) is 26.1 Å². The smallest absolute Gasteiger partial charge is 0.232 e. The number of methoxy groups -OCH3 is 2. The second kappa shape index (κ2) is 11.8. The highest BCUT2D eigenvalue weighted by atomic mass is 127. The van der Waals surface area contributed by atoms with Crippen molar-refractivity contribution in [2.24, 2.45) is 16.6 Å². The van der Waals surface area contributed by atoms with Gasteiger partial charge in [0, 0.05) is 18.0 Å². The first-order chi connectivity index (χ1) is 12.9. The van der Waals surface area contributed by atoms with E-state index in [4.69, 9.17) is 31.5 Å². The average Bonchev–Trinajstić information content (AvgIpc) is 2.65. The monoisotopic (exact) mass is 520 g/mol. The highest BCUT2D eigenvalue weighted by Gasteiger charge is 2.07. The second-order valence-corrected chi connectivity index (χ2v) is 6.64. The van der Waals surface area contributed by atoms with Gasteiger partial charge in [-0.1, -0.05) is 25.4 Å². The molecule has 0 atom stereocenters. The number of ether oxygens (including phenoxy) is 3. The molecule has 0 saturated heterocycles. The molecule has 0 saturated carbocycles. The minimum atomic E-state index is 0. The van der Waals surface area contributed by atoms with Crippen LogP contribution in [-0.4, -0.2) is 31.8 Å². The maximum absolute atomic E-state index is 6.21. The van der Waals surface area contributed by atoms with Crippen LogP contribution in [0.2, 0.25) is 5.02 Å². The SMILES string of the molecule is COc1ccc(NC(N)=NCc2cnc(OCC(C)C)c(Cl)c2)cc1OC.I. The summed E-state index contributed by atoms with van der Waals surface area (Å²) < 4.78 is 16.0.